The van der Waals surface area contributed by atoms with Gasteiger partial charge in [0.25, 0.3) is 5.56 Å². The summed E-state index contributed by atoms with van der Waals surface area (Å²) in [6.07, 6.45) is 6.37. The molecular formula is C14H16N4O. The summed E-state index contributed by atoms with van der Waals surface area (Å²) in [6.45, 7) is 1.82. The van der Waals surface area contributed by atoms with Crippen LogP contribution in [0.5, 0.6) is 0 Å². The molecule has 0 aromatic carbocycles. The molecule has 5 heteroatoms. The smallest absolute Gasteiger partial charge is 0.251 e. The highest BCUT2D eigenvalue weighted by molar-refractivity contribution is 5.48. The van der Waals surface area contributed by atoms with Gasteiger partial charge in [-0.15, -0.1) is 0 Å². The number of nitrogens with one attached hydrogen (secondary N) is 1. The second-order valence-corrected chi connectivity index (χ2v) is 4.99. The molecule has 0 aliphatic heterocycles. The van der Waals surface area contributed by atoms with E-state index in [1.807, 2.05) is 6.92 Å². The van der Waals surface area contributed by atoms with Crippen molar-refractivity contribution in [2.24, 2.45) is 0 Å². The molecule has 1 saturated carbocycles. The Kier molecular flexibility index (Phi) is 3.11. The van der Waals surface area contributed by atoms with Gasteiger partial charge < -0.3 is 4.98 Å². The molecule has 0 saturated heterocycles. The molecule has 2 aromatic rings. The maximum atomic E-state index is 11.8. The van der Waals surface area contributed by atoms with E-state index in [9.17, 15) is 4.79 Å². The number of aromatic amines is 1. The lowest BCUT2D eigenvalue weighted by Gasteiger charge is -2.09. The molecule has 2 heterocycles. The molecule has 0 unspecified atom stereocenters. The quantitative estimate of drug-likeness (QED) is 0.894. The van der Waals surface area contributed by atoms with E-state index in [0.717, 1.165) is 18.5 Å². The molecule has 1 fully saturated rings. The zero-order valence-electron chi connectivity index (χ0n) is 10.9. The van der Waals surface area contributed by atoms with Crippen LogP contribution in [0, 0.1) is 6.92 Å². The Bertz CT molecular complexity index is 644. The Morgan fingerprint density at radius 3 is 2.79 bits per heavy atom. The molecule has 0 radical (unpaired) electrons. The number of aryl methyl sites for hydroxylation is 1. The van der Waals surface area contributed by atoms with Crippen LogP contribution in [0.2, 0.25) is 0 Å². The van der Waals surface area contributed by atoms with Gasteiger partial charge in [0.15, 0.2) is 5.82 Å². The highest BCUT2D eigenvalue weighted by atomic mass is 16.1. The third-order valence-corrected chi connectivity index (χ3v) is 3.55. The zero-order valence-corrected chi connectivity index (χ0v) is 10.9. The van der Waals surface area contributed by atoms with Gasteiger partial charge in [0.05, 0.1) is 5.69 Å². The predicted octanol–water partition coefficient (Wildman–Crippen LogP) is 2.19. The van der Waals surface area contributed by atoms with Gasteiger partial charge in [-0.05, 0) is 25.8 Å². The first kappa shape index (κ1) is 12.0. The number of hydrogen-bond donors (Lipinski definition) is 1. The average Bonchev–Trinajstić information content (AvgIpc) is 2.92. The summed E-state index contributed by atoms with van der Waals surface area (Å²) >= 11 is 0. The fourth-order valence-corrected chi connectivity index (χ4v) is 2.62. The standard InChI is InChI=1S/C14H16N4O/c1-9-15-7-6-11(16-9)14-17-12(8-13(19)18-14)10-4-2-3-5-10/h6-8,10H,2-5H2,1H3,(H,17,18,19). The molecule has 2 aromatic heterocycles. The van der Waals surface area contributed by atoms with Crippen molar-refractivity contribution in [1.82, 2.24) is 19.9 Å². The van der Waals surface area contributed by atoms with E-state index in [1.54, 1.807) is 18.3 Å². The first-order valence-electron chi connectivity index (χ1n) is 6.63. The molecule has 19 heavy (non-hydrogen) atoms. The Morgan fingerprint density at radius 1 is 1.26 bits per heavy atom. The molecule has 1 aliphatic rings. The third-order valence-electron chi connectivity index (χ3n) is 3.55. The summed E-state index contributed by atoms with van der Waals surface area (Å²) in [4.78, 5) is 27.5. The van der Waals surface area contributed by atoms with E-state index in [-0.39, 0.29) is 5.56 Å². The van der Waals surface area contributed by atoms with Gasteiger partial charge in [-0.2, -0.15) is 0 Å². The second-order valence-electron chi connectivity index (χ2n) is 4.99. The molecule has 3 rings (SSSR count). The monoisotopic (exact) mass is 256 g/mol. The van der Waals surface area contributed by atoms with Crippen LogP contribution < -0.4 is 5.56 Å². The number of nitrogens with zero attached hydrogens (tertiary/aromatic N) is 3. The van der Waals surface area contributed by atoms with Gasteiger partial charge in [-0.1, -0.05) is 12.8 Å². The molecule has 1 aliphatic carbocycles. The fourth-order valence-electron chi connectivity index (χ4n) is 2.62. The van der Waals surface area contributed by atoms with Crippen LogP contribution in [0.25, 0.3) is 11.5 Å². The lowest BCUT2D eigenvalue weighted by atomic mass is 10.0. The highest BCUT2D eigenvalue weighted by Crippen LogP contribution is 2.32. The van der Waals surface area contributed by atoms with E-state index < -0.39 is 0 Å². The minimum Gasteiger partial charge on any atom is -0.305 e. The van der Waals surface area contributed by atoms with Gasteiger partial charge in [0.2, 0.25) is 0 Å². The zero-order chi connectivity index (χ0) is 13.2. The van der Waals surface area contributed by atoms with Crippen molar-refractivity contribution >= 4 is 0 Å². The van der Waals surface area contributed by atoms with Gasteiger partial charge in [0.1, 0.15) is 11.5 Å². The number of aromatic nitrogens is 4. The Morgan fingerprint density at radius 2 is 2.05 bits per heavy atom. The van der Waals surface area contributed by atoms with Crippen LogP contribution in [0.15, 0.2) is 23.1 Å². The lowest BCUT2D eigenvalue weighted by molar-refractivity contribution is 0.693. The molecule has 98 valence electrons. The second kappa shape index (κ2) is 4.91. The van der Waals surface area contributed by atoms with Gasteiger partial charge in [-0.3, -0.25) is 4.79 Å². The van der Waals surface area contributed by atoms with E-state index >= 15 is 0 Å². The number of H-pyrrole nitrogens is 1. The minimum absolute atomic E-state index is 0.108. The summed E-state index contributed by atoms with van der Waals surface area (Å²) in [5.41, 5.74) is 1.46. The Labute approximate surface area is 111 Å². The Balaban J connectivity index is 2.04. The fraction of sp³-hybridized carbons (Fsp3) is 0.429. The first-order valence-corrected chi connectivity index (χ1v) is 6.63. The van der Waals surface area contributed by atoms with Crippen molar-refractivity contribution < 1.29 is 0 Å². The largest absolute Gasteiger partial charge is 0.305 e. The molecule has 0 bridgehead atoms. The van der Waals surface area contributed by atoms with Crippen LogP contribution in [-0.4, -0.2) is 19.9 Å². The van der Waals surface area contributed by atoms with Gasteiger partial charge in [0, 0.05) is 18.2 Å². The highest BCUT2D eigenvalue weighted by Gasteiger charge is 2.19. The summed E-state index contributed by atoms with van der Waals surface area (Å²) in [5.74, 6) is 1.63. The van der Waals surface area contributed by atoms with Crippen molar-refractivity contribution in [3.05, 3.63) is 40.2 Å². The third kappa shape index (κ3) is 2.54. The van der Waals surface area contributed by atoms with E-state index in [1.165, 1.54) is 12.8 Å². The Hall–Kier alpha value is -2.04. The van der Waals surface area contributed by atoms with Crippen LogP contribution in [0.4, 0.5) is 0 Å². The van der Waals surface area contributed by atoms with E-state index in [0.29, 0.717) is 23.3 Å². The molecule has 1 N–H and O–H groups in total. The molecule has 5 nitrogen and oxygen atoms in total. The maximum absolute atomic E-state index is 11.8. The molecule has 0 atom stereocenters. The van der Waals surface area contributed by atoms with Crippen molar-refractivity contribution in [3.63, 3.8) is 0 Å². The predicted molar refractivity (Wildman–Crippen MR) is 71.8 cm³/mol. The normalized spacial score (nSPS) is 15.8. The first-order chi connectivity index (χ1) is 9.22. The topological polar surface area (TPSA) is 71.5 Å². The summed E-state index contributed by atoms with van der Waals surface area (Å²) in [6, 6.07) is 3.39. The average molecular weight is 256 g/mol. The minimum atomic E-state index is -0.108. The van der Waals surface area contributed by atoms with E-state index in [4.69, 9.17) is 0 Å². The molecular weight excluding hydrogens is 240 g/mol. The molecule has 0 amide bonds. The van der Waals surface area contributed by atoms with Crippen molar-refractivity contribution in [2.45, 2.75) is 38.5 Å². The van der Waals surface area contributed by atoms with Gasteiger partial charge in [-0.25, -0.2) is 15.0 Å². The van der Waals surface area contributed by atoms with Crippen molar-refractivity contribution in [2.75, 3.05) is 0 Å². The van der Waals surface area contributed by atoms with E-state index in [2.05, 4.69) is 19.9 Å². The van der Waals surface area contributed by atoms with Crippen LogP contribution >= 0.6 is 0 Å². The van der Waals surface area contributed by atoms with Crippen LogP contribution in [0.3, 0.4) is 0 Å². The SMILES string of the molecule is Cc1nccc(-c2nc(C3CCCC3)cc(=O)[nH]2)n1. The lowest BCUT2D eigenvalue weighted by Crippen LogP contribution is -2.12. The maximum Gasteiger partial charge on any atom is 0.251 e. The summed E-state index contributed by atoms with van der Waals surface area (Å²) < 4.78 is 0. The molecule has 0 spiro atoms. The van der Waals surface area contributed by atoms with Crippen molar-refractivity contribution in [1.29, 1.82) is 0 Å². The summed E-state index contributed by atoms with van der Waals surface area (Å²) in [5, 5.41) is 0. The summed E-state index contributed by atoms with van der Waals surface area (Å²) in [7, 11) is 0. The van der Waals surface area contributed by atoms with Crippen molar-refractivity contribution in [3.8, 4) is 11.5 Å². The van der Waals surface area contributed by atoms with Crippen LogP contribution in [-0.2, 0) is 0 Å². The van der Waals surface area contributed by atoms with Crippen LogP contribution in [0.1, 0.15) is 43.1 Å². The number of rotatable bonds is 2. The van der Waals surface area contributed by atoms with Gasteiger partial charge >= 0.3 is 0 Å². The number of hydrogen-bond acceptors (Lipinski definition) is 4.